The van der Waals surface area contributed by atoms with Gasteiger partial charge in [-0.2, -0.15) is 5.26 Å². The average Bonchev–Trinajstić information content (AvgIpc) is 2.43. The van der Waals surface area contributed by atoms with Crippen molar-refractivity contribution in [1.82, 2.24) is 0 Å². The number of aryl methyl sites for hydroxylation is 1. The van der Waals surface area contributed by atoms with E-state index in [0.29, 0.717) is 11.3 Å². The third kappa shape index (κ3) is 3.05. The van der Waals surface area contributed by atoms with Crippen molar-refractivity contribution in [3.63, 3.8) is 0 Å². The first kappa shape index (κ1) is 13.0. The van der Waals surface area contributed by atoms with Gasteiger partial charge in [0.1, 0.15) is 6.07 Å². The molecule has 0 atom stereocenters. The van der Waals surface area contributed by atoms with Gasteiger partial charge < -0.3 is 11.1 Å². The summed E-state index contributed by atoms with van der Waals surface area (Å²) in [4.78, 5) is 0. The van der Waals surface area contributed by atoms with Crippen molar-refractivity contribution < 1.29 is 0 Å². The fraction of sp³-hybridized carbons (Fsp3) is 0.188. The third-order valence-corrected chi connectivity index (χ3v) is 3.20. The number of para-hydroxylation sites is 1. The zero-order chi connectivity index (χ0) is 13.7. The molecule has 3 N–H and O–H groups in total. The lowest BCUT2D eigenvalue weighted by Crippen LogP contribution is -2.08. The first-order chi connectivity index (χ1) is 9.22. The summed E-state index contributed by atoms with van der Waals surface area (Å²) >= 11 is 0. The Morgan fingerprint density at radius 2 is 1.95 bits per heavy atom. The number of nitriles is 1. The van der Waals surface area contributed by atoms with Gasteiger partial charge in [0.25, 0.3) is 0 Å². The number of nitrogens with one attached hydrogen (secondary N) is 1. The zero-order valence-corrected chi connectivity index (χ0v) is 11.0. The lowest BCUT2D eigenvalue weighted by atomic mass is 10.1. The first-order valence-corrected chi connectivity index (χ1v) is 6.29. The minimum atomic E-state index is 0.515. The number of nitrogens with zero attached hydrogens (tertiary/aromatic N) is 1. The van der Waals surface area contributed by atoms with Crippen molar-refractivity contribution >= 4 is 11.4 Å². The highest BCUT2D eigenvalue weighted by Gasteiger charge is 2.03. The van der Waals surface area contributed by atoms with Crippen LogP contribution in [0.15, 0.2) is 42.5 Å². The van der Waals surface area contributed by atoms with Crippen LogP contribution in [0.3, 0.4) is 0 Å². The van der Waals surface area contributed by atoms with E-state index in [9.17, 15) is 0 Å². The second kappa shape index (κ2) is 5.92. The topological polar surface area (TPSA) is 61.8 Å². The minimum absolute atomic E-state index is 0.515. The van der Waals surface area contributed by atoms with Gasteiger partial charge in [-0.1, -0.05) is 30.3 Å². The second-order valence-electron chi connectivity index (χ2n) is 4.48. The molecule has 0 heterocycles. The molecular formula is C16H17N3. The molecule has 3 nitrogen and oxygen atoms in total. The molecule has 0 saturated heterocycles. The van der Waals surface area contributed by atoms with Gasteiger partial charge in [-0.3, -0.25) is 0 Å². The van der Waals surface area contributed by atoms with E-state index >= 15 is 0 Å². The van der Waals surface area contributed by atoms with Gasteiger partial charge in [0, 0.05) is 6.54 Å². The van der Waals surface area contributed by atoms with Crippen LogP contribution < -0.4 is 11.1 Å². The van der Waals surface area contributed by atoms with E-state index in [4.69, 9.17) is 11.0 Å². The Morgan fingerprint density at radius 1 is 1.16 bits per heavy atom. The van der Waals surface area contributed by atoms with Gasteiger partial charge in [-0.25, -0.2) is 0 Å². The molecule has 3 heteroatoms. The van der Waals surface area contributed by atoms with Gasteiger partial charge in [0.15, 0.2) is 0 Å². The van der Waals surface area contributed by atoms with Gasteiger partial charge in [0.05, 0.1) is 16.9 Å². The summed E-state index contributed by atoms with van der Waals surface area (Å²) in [6.45, 7) is 2.91. The van der Waals surface area contributed by atoms with Crippen LogP contribution in [0.1, 0.15) is 16.7 Å². The van der Waals surface area contributed by atoms with Crippen molar-refractivity contribution in [3.05, 3.63) is 59.2 Å². The van der Waals surface area contributed by atoms with Crippen LogP contribution >= 0.6 is 0 Å². The van der Waals surface area contributed by atoms with Gasteiger partial charge in [-0.05, 0) is 36.6 Å². The maximum atomic E-state index is 8.92. The Bertz CT molecular complexity index is 612. The number of hydrogen-bond donors (Lipinski definition) is 2. The van der Waals surface area contributed by atoms with Crippen LogP contribution in [-0.2, 0) is 6.42 Å². The molecule has 0 unspecified atom stereocenters. The maximum Gasteiger partial charge on any atom is 0.101 e. The van der Waals surface area contributed by atoms with Crippen LogP contribution in [0, 0.1) is 18.3 Å². The van der Waals surface area contributed by atoms with Crippen LogP contribution in [0.2, 0.25) is 0 Å². The lowest BCUT2D eigenvalue weighted by Gasteiger charge is -2.11. The zero-order valence-electron chi connectivity index (χ0n) is 11.0. The molecule has 0 radical (unpaired) electrons. The highest BCUT2D eigenvalue weighted by atomic mass is 14.9. The number of anilines is 2. The smallest absolute Gasteiger partial charge is 0.101 e. The number of rotatable bonds is 4. The van der Waals surface area contributed by atoms with Crippen molar-refractivity contribution in [1.29, 1.82) is 5.26 Å². The molecule has 96 valence electrons. The van der Waals surface area contributed by atoms with Crippen molar-refractivity contribution in [3.8, 4) is 6.07 Å². The summed E-state index contributed by atoms with van der Waals surface area (Å²) < 4.78 is 0. The van der Waals surface area contributed by atoms with E-state index in [1.54, 1.807) is 6.07 Å². The van der Waals surface area contributed by atoms with Crippen LogP contribution in [0.25, 0.3) is 0 Å². The number of nitrogens with two attached hydrogens (primary N) is 1. The maximum absolute atomic E-state index is 8.92. The molecule has 0 fully saturated rings. The minimum Gasteiger partial charge on any atom is -0.396 e. The number of nitrogen functional groups attached to an aromatic ring is 1. The number of benzene rings is 2. The highest BCUT2D eigenvalue weighted by molar-refractivity contribution is 5.72. The van der Waals surface area contributed by atoms with E-state index in [1.807, 2.05) is 24.3 Å². The Morgan fingerprint density at radius 3 is 2.68 bits per heavy atom. The molecule has 2 aromatic rings. The van der Waals surface area contributed by atoms with E-state index in [-0.39, 0.29) is 0 Å². The summed E-state index contributed by atoms with van der Waals surface area (Å²) in [5, 5.41) is 12.2. The fourth-order valence-corrected chi connectivity index (χ4v) is 2.04. The Kier molecular flexibility index (Phi) is 4.04. The standard InChI is InChI=1S/C16H17N3/c1-12-5-2-3-6-13(12)9-10-19-15-8-4-7-14(11-17)16(15)18/h2-8,19H,9-10,18H2,1H3. The van der Waals surface area contributed by atoms with E-state index in [1.165, 1.54) is 11.1 Å². The Balaban J connectivity index is 2.01. The molecule has 2 aromatic carbocycles. The molecular weight excluding hydrogens is 234 g/mol. The summed E-state index contributed by atoms with van der Waals surface area (Å²) in [7, 11) is 0. The Labute approximate surface area is 113 Å². The van der Waals surface area contributed by atoms with Gasteiger partial charge in [0.2, 0.25) is 0 Å². The van der Waals surface area contributed by atoms with Crippen molar-refractivity contribution in [2.45, 2.75) is 13.3 Å². The third-order valence-electron chi connectivity index (χ3n) is 3.20. The largest absolute Gasteiger partial charge is 0.396 e. The van der Waals surface area contributed by atoms with Crippen LogP contribution in [0.4, 0.5) is 11.4 Å². The van der Waals surface area contributed by atoms with Gasteiger partial charge >= 0.3 is 0 Å². The summed E-state index contributed by atoms with van der Waals surface area (Å²) in [6, 6.07) is 15.9. The average molecular weight is 251 g/mol. The molecule has 0 aliphatic heterocycles. The predicted octanol–water partition coefficient (Wildman–Crippen LogP) is 3.10. The van der Waals surface area contributed by atoms with Gasteiger partial charge in [-0.15, -0.1) is 0 Å². The van der Waals surface area contributed by atoms with E-state index in [2.05, 4.69) is 30.4 Å². The fourth-order valence-electron chi connectivity index (χ4n) is 2.04. The highest BCUT2D eigenvalue weighted by Crippen LogP contribution is 2.21. The normalized spacial score (nSPS) is 9.89. The second-order valence-corrected chi connectivity index (χ2v) is 4.48. The molecule has 0 spiro atoms. The molecule has 0 saturated carbocycles. The monoisotopic (exact) mass is 251 g/mol. The molecule has 0 aliphatic carbocycles. The molecule has 0 aromatic heterocycles. The molecule has 2 rings (SSSR count). The Hall–Kier alpha value is -2.47. The molecule has 19 heavy (non-hydrogen) atoms. The van der Waals surface area contributed by atoms with Crippen LogP contribution in [0.5, 0.6) is 0 Å². The van der Waals surface area contributed by atoms with E-state index < -0.39 is 0 Å². The molecule has 0 amide bonds. The first-order valence-electron chi connectivity index (χ1n) is 6.29. The van der Waals surface area contributed by atoms with Crippen molar-refractivity contribution in [2.24, 2.45) is 0 Å². The summed E-state index contributed by atoms with van der Waals surface area (Å²) in [5.41, 5.74) is 10.4. The van der Waals surface area contributed by atoms with Crippen LogP contribution in [-0.4, -0.2) is 6.54 Å². The van der Waals surface area contributed by atoms with E-state index in [0.717, 1.165) is 18.7 Å². The molecule has 0 aliphatic rings. The summed E-state index contributed by atoms with van der Waals surface area (Å²) in [5.74, 6) is 0. The summed E-state index contributed by atoms with van der Waals surface area (Å²) in [6.07, 6.45) is 0.933. The SMILES string of the molecule is Cc1ccccc1CCNc1cccc(C#N)c1N. The number of hydrogen-bond acceptors (Lipinski definition) is 3. The molecule has 0 bridgehead atoms. The predicted molar refractivity (Wildman–Crippen MR) is 78.9 cm³/mol. The lowest BCUT2D eigenvalue weighted by molar-refractivity contribution is 1.01. The van der Waals surface area contributed by atoms with Crippen molar-refractivity contribution in [2.75, 3.05) is 17.6 Å². The quantitative estimate of drug-likeness (QED) is 0.821.